The van der Waals surface area contributed by atoms with Crippen LogP contribution in [0.4, 0.5) is 5.69 Å². The Morgan fingerprint density at radius 3 is 2.70 bits per heavy atom. The molecule has 1 aromatic carbocycles. The Balaban J connectivity index is 1.74. The fourth-order valence-corrected chi connectivity index (χ4v) is 3.55. The first kappa shape index (κ1) is 17.2. The van der Waals surface area contributed by atoms with Crippen LogP contribution in [0.15, 0.2) is 65.2 Å². The van der Waals surface area contributed by atoms with Crippen molar-refractivity contribution in [3.8, 4) is 11.3 Å². The topological polar surface area (TPSA) is 84.4 Å². The molecule has 0 aliphatic carbocycles. The lowest BCUT2D eigenvalue weighted by Crippen LogP contribution is -2.24. The number of pyridine rings is 1. The van der Waals surface area contributed by atoms with E-state index in [9.17, 15) is 10.1 Å². The maximum absolute atomic E-state index is 11.3. The summed E-state index contributed by atoms with van der Waals surface area (Å²) >= 11 is 5.41. The number of nitro benzene ring substituents is 1. The molecule has 2 aromatic heterocycles. The Kier molecular flexibility index (Phi) is 4.33. The van der Waals surface area contributed by atoms with Crippen LogP contribution in [-0.4, -0.2) is 27.0 Å². The van der Waals surface area contributed by atoms with Crippen molar-refractivity contribution in [1.29, 1.82) is 0 Å². The van der Waals surface area contributed by atoms with Crippen LogP contribution >= 0.6 is 12.2 Å². The number of nitrogens with zero attached hydrogens (tertiary/aromatic N) is 3. The first-order valence-corrected chi connectivity index (χ1v) is 8.75. The summed E-state index contributed by atoms with van der Waals surface area (Å²) in [5.41, 5.74) is 1.30. The van der Waals surface area contributed by atoms with Crippen LogP contribution < -0.4 is 5.32 Å². The molecule has 0 spiro atoms. The third-order valence-electron chi connectivity index (χ3n) is 4.62. The van der Waals surface area contributed by atoms with Crippen molar-refractivity contribution in [2.75, 3.05) is 7.05 Å². The summed E-state index contributed by atoms with van der Waals surface area (Å²) in [6.07, 6.45) is 1.73. The van der Waals surface area contributed by atoms with Crippen LogP contribution in [-0.2, 0) is 0 Å². The third-order valence-corrected chi connectivity index (χ3v) is 5.03. The van der Waals surface area contributed by atoms with Gasteiger partial charge in [0.15, 0.2) is 5.11 Å². The normalized spacial score (nSPS) is 19.1. The van der Waals surface area contributed by atoms with Crippen LogP contribution in [0.5, 0.6) is 0 Å². The molecule has 2 atom stereocenters. The average molecular weight is 380 g/mol. The Morgan fingerprint density at radius 1 is 1.19 bits per heavy atom. The molecule has 0 bridgehead atoms. The molecule has 1 aliphatic rings. The van der Waals surface area contributed by atoms with E-state index in [1.165, 1.54) is 6.07 Å². The van der Waals surface area contributed by atoms with Crippen molar-refractivity contribution < 1.29 is 9.34 Å². The predicted octanol–water partition coefficient (Wildman–Crippen LogP) is 3.85. The molecule has 1 saturated heterocycles. The van der Waals surface area contributed by atoms with Gasteiger partial charge in [-0.2, -0.15) is 0 Å². The molecule has 0 unspecified atom stereocenters. The van der Waals surface area contributed by atoms with Crippen molar-refractivity contribution >= 4 is 23.0 Å². The third kappa shape index (κ3) is 3.04. The van der Waals surface area contributed by atoms with Gasteiger partial charge in [-0.3, -0.25) is 15.1 Å². The minimum absolute atomic E-state index is 0.00750. The van der Waals surface area contributed by atoms with Crippen molar-refractivity contribution in [2.24, 2.45) is 0 Å². The molecular formula is C19H16N4O3S. The predicted molar refractivity (Wildman–Crippen MR) is 104 cm³/mol. The largest absolute Gasteiger partial charge is 0.459 e. The van der Waals surface area contributed by atoms with Gasteiger partial charge in [-0.1, -0.05) is 18.2 Å². The molecule has 1 aliphatic heterocycles. The number of likely N-dealkylation sites (N-methyl/N-ethyl adjacent to an activating group) is 1. The fourth-order valence-electron chi connectivity index (χ4n) is 3.31. The van der Waals surface area contributed by atoms with E-state index in [4.69, 9.17) is 16.6 Å². The SMILES string of the molecule is CN1C(=S)N[C@@H](c2ccccn2)[C@@H]1c1ccc(-c2ccccc2[N+](=O)[O-])o1. The molecule has 0 amide bonds. The molecule has 3 aromatic rings. The van der Waals surface area contributed by atoms with Crippen LogP contribution in [0.3, 0.4) is 0 Å². The zero-order chi connectivity index (χ0) is 19.0. The second kappa shape index (κ2) is 6.81. The highest BCUT2D eigenvalue weighted by molar-refractivity contribution is 7.80. The van der Waals surface area contributed by atoms with Gasteiger partial charge in [0.25, 0.3) is 5.69 Å². The van der Waals surface area contributed by atoms with Gasteiger partial charge in [0.05, 0.1) is 22.2 Å². The van der Waals surface area contributed by atoms with Crippen LogP contribution in [0, 0.1) is 10.1 Å². The molecular weight excluding hydrogens is 364 g/mol. The number of hydrogen-bond acceptors (Lipinski definition) is 5. The number of nitrogens with one attached hydrogen (secondary N) is 1. The van der Waals surface area contributed by atoms with E-state index < -0.39 is 4.92 Å². The van der Waals surface area contributed by atoms with Gasteiger partial charge >= 0.3 is 0 Å². The molecule has 136 valence electrons. The highest BCUT2D eigenvalue weighted by Crippen LogP contribution is 2.40. The summed E-state index contributed by atoms with van der Waals surface area (Å²) in [5, 5.41) is 15.2. The number of thiocarbonyl (C=S) groups is 1. The molecule has 27 heavy (non-hydrogen) atoms. The lowest BCUT2D eigenvalue weighted by Gasteiger charge is -2.21. The molecule has 4 rings (SSSR count). The van der Waals surface area contributed by atoms with Gasteiger partial charge in [0, 0.05) is 19.3 Å². The minimum Gasteiger partial charge on any atom is -0.459 e. The quantitative estimate of drug-likeness (QED) is 0.418. The van der Waals surface area contributed by atoms with E-state index in [2.05, 4.69) is 10.3 Å². The summed E-state index contributed by atoms with van der Waals surface area (Å²) in [5.74, 6) is 1.11. The maximum Gasteiger partial charge on any atom is 0.280 e. The highest BCUT2D eigenvalue weighted by atomic mass is 32.1. The van der Waals surface area contributed by atoms with E-state index in [0.717, 1.165) is 5.69 Å². The fraction of sp³-hybridized carbons (Fsp3) is 0.158. The number of furan rings is 1. The Labute approximate surface area is 160 Å². The first-order valence-electron chi connectivity index (χ1n) is 8.34. The maximum atomic E-state index is 11.3. The molecule has 8 heteroatoms. The van der Waals surface area contributed by atoms with Gasteiger partial charge in [-0.25, -0.2) is 0 Å². The number of aromatic nitrogens is 1. The summed E-state index contributed by atoms with van der Waals surface area (Å²) in [4.78, 5) is 17.2. The van der Waals surface area contributed by atoms with Gasteiger partial charge in [0.1, 0.15) is 17.6 Å². The summed E-state index contributed by atoms with van der Waals surface area (Å²) in [7, 11) is 1.89. The van der Waals surface area contributed by atoms with Gasteiger partial charge in [0.2, 0.25) is 0 Å². The van der Waals surface area contributed by atoms with E-state index >= 15 is 0 Å². The zero-order valence-electron chi connectivity index (χ0n) is 14.4. The molecule has 1 N–H and O–H groups in total. The molecule has 0 saturated carbocycles. The zero-order valence-corrected chi connectivity index (χ0v) is 15.2. The van der Waals surface area contributed by atoms with Gasteiger partial charge < -0.3 is 14.6 Å². The highest BCUT2D eigenvalue weighted by Gasteiger charge is 2.39. The summed E-state index contributed by atoms with van der Waals surface area (Å²) < 4.78 is 6.04. The minimum atomic E-state index is -0.410. The van der Waals surface area contributed by atoms with E-state index in [1.54, 1.807) is 30.5 Å². The second-order valence-corrected chi connectivity index (χ2v) is 6.60. The average Bonchev–Trinajstić information content (AvgIpc) is 3.27. The Morgan fingerprint density at radius 2 is 1.96 bits per heavy atom. The summed E-state index contributed by atoms with van der Waals surface area (Å²) in [6, 6.07) is 15.4. The van der Waals surface area contributed by atoms with Crippen molar-refractivity contribution in [2.45, 2.75) is 12.1 Å². The number of rotatable bonds is 4. The van der Waals surface area contributed by atoms with Crippen molar-refractivity contribution in [3.05, 3.63) is 82.4 Å². The monoisotopic (exact) mass is 380 g/mol. The van der Waals surface area contributed by atoms with E-state index in [0.29, 0.717) is 22.2 Å². The first-order chi connectivity index (χ1) is 13.1. The standard InChI is InChI=1S/C19H16N4O3S/c1-22-18(17(21-19(22)27)13-7-4-5-11-20-13)16-10-9-15(26-16)12-6-2-3-8-14(12)23(24)25/h2-11,17-18H,1H3,(H,21,27)/t17-,18-/m0/s1. The van der Waals surface area contributed by atoms with E-state index in [-0.39, 0.29) is 17.8 Å². The summed E-state index contributed by atoms with van der Waals surface area (Å²) in [6.45, 7) is 0. The van der Waals surface area contributed by atoms with Gasteiger partial charge in [-0.15, -0.1) is 0 Å². The molecule has 1 fully saturated rings. The number of nitro groups is 1. The van der Waals surface area contributed by atoms with Crippen molar-refractivity contribution in [1.82, 2.24) is 15.2 Å². The van der Waals surface area contributed by atoms with Crippen LogP contribution in [0.2, 0.25) is 0 Å². The number of para-hydroxylation sites is 1. The van der Waals surface area contributed by atoms with Gasteiger partial charge in [-0.05, 0) is 42.5 Å². The second-order valence-electron chi connectivity index (χ2n) is 6.21. The van der Waals surface area contributed by atoms with Crippen LogP contribution in [0.1, 0.15) is 23.5 Å². The number of hydrogen-bond donors (Lipinski definition) is 1. The molecule has 0 radical (unpaired) electrons. The lowest BCUT2D eigenvalue weighted by atomic mass is 10.0. The Hall–Kier alpha value is -3.26. The number of benzene rings is 1. The van der Waals surface area contributed by atoms with Crippen LogP contribution in [0.25, 0.3) is 11.3 Å². The molecule has 7 nitrogen and oxygen atoms in total. The Bertz CT molecular complexity index is 1000. The molecule has 3 heterocycles. The van der Waals surface area contributed by atoms with E-state index in [1.807, 2.05) is 36.2 Å². The lowest BCUT2D eigenvalue weighted by molar-refractivity contribution is -0.384. The van der Waals surface area contributed by atoms with Crippen molar-refractivity contribution in [3.63, 3.8) is 0 Å². The smallest absolute Gasteiger partial charge is 0.280 e.